The predicted molar refractivity (Wildman–Crippen MR) is 95.1 cm³/mol. The predicted octanol–water partition coefficient (Wildman–Crippen LogP) is 3.86. The van der Waals surface area contributed by atoms with Crippen molar-refractivity contribution in [3.8, 4) is 11.1 Å². The van der Waals surface area contributed by atoms with E-state index in [9.17, 15) is 9.59 Å². The number of esters is 2. The summed E-state index contributed by atoms with van der Waals surface area (Å²) in [6.45, 7) is 7.08. The normalized spacial score (nSPS) is 14.2. The van der Waals surface area contributed by atoms with Crippen molar-refractivity contribution in [1.82, 2.24) is 0 Å². The molecule has 4 nitrogen and oxygen atoms in total. The molecule has 0 N–H and O–H groups in total. The summed E-state index contributed by atoms with van der Waals surface area (Å²) in [5, 5.41) is 0. The topological polar surface area (TPSA) is 52.6 Å². The lowest BCUT2D eigenvalue weighted by Crippen LogP contribution is -2.47. The first-order valence-electron chi connectivity index (χ1n) is 8.50. The van der Waals surface area contributed by atoms with Crippen molar-refractivity contribution in [2.24, 2.45) is 0 Å². The summed E-state index contributed by atoms with van der Waals surface area (Å²) in [5.41, 5.74) is 1.38. The molecule has 2 aromatic rings. The van der Waals surface area contributed by atoms with E-state index in [0.717, 1.165) is 11.1 Å². The second kappa shape index (κ2) is 6.36. The molecule has 25 heavy (non-hydrogen) atoms. The Hall–Kier alpha value is -2.62. The smallest absolute Gasteiger partial charge is 0.333 e. The number of ether oxygens (including phenoxy) is 2. The second-order valence-electron chi connectivity index (χ2n) is 6.75. The lowest BCUT2D eigenvalue weighted by molar-refractivity contribution is -0.166. The van der Waals surface area contributed by atoms with Crippen LogP contribution >= 0.6 is 0 Å². The molecule has 1 aliphatic rings. The highest BCUT2D eigenvalue weighted by molar-refractivity contribution is 6.15. The number of hydrogen-bond acceptors (Lipinski definition) is 4. The van der Waals surface area contributed by atoms with Gasteiger partial charge in [0.2, 0.25) is 5.41 Å². The first-order chi connectivity index (χ1) is 11.9. The SMILES string of the molecule is CC(C)OC(=O)C1(C(=O)OC(C)C)c2ccccc2-c2ccccc21. The summed E-state index contributed by atoms with van der Waals surface area (Å²) >= 11 is 0. The fourth-order valence-corrected chi connectivity index (χ4v) is 3.36. The van der Waals surface area contributed by atoms with Crippen molar-refractivity contribution in [3.63, 3.8) is 0 Å². The Morgan fingerprint density at radius 1 is 0.720 bits per heavy atom. The van der Waals surface area contributed by atoms with Crippen LogP contribution < -0.4 is 0 Å². The minimum atomic E-state index is -1.58. The van der Waals surface area contributed by atoms with Crippen molar-refractivity contribution >= 4 is 11.9 Å². The van der Waals surface area contributed by atoms with Gasteiger partial charge in [0.25, 0.3) is 0 Å². The molecule has 0 fully saturated rings. The molecule has 4 heteroatoms. The number of hydrogen-bond donors (Lipinski definition) is 0. The van der Waals surface area contributed by atoms with E-state index in [1.807, 2.05) is 36.4 Å². The molecule has 0 aromatic heterocycles. The maximum atomic E-state index is 13.2. The maximum Gasteiger partial charge on any atom is 0.333 e. The highest BCUT2D eigenvalue weighted by Crippen LogP contribution is 2.50. The van der Waals surface area contributed by atoms with Crippen molar-refractivity contribution < 1.29 is 19.1 Å². The van der Waals surface area contributed by atoms with Crippen LogP contribution in [0.3, 0.4) is 0 Å². The molecule has 2 aromatic carbocycles. The molecule has 0 atom stereocenters. The standard InChI is InChI=1S/C21H22O4/c1-13(2)24-19(22)21(20(23)25-14(3)4)17-11-7-5-9-15(17)16-10-6-8-12-18(16)21/h5-14H,1-4H3. The third kappa shape index (κ3) is 2.62. The van der Waals surface area contributed by atoms with E-state index in [0.29, 0.717) is 11.1 Å². The molecule has 0 spiro atoms. The van der Waals surface area contributed by atoms with E-state index in [4.69, 9.17) is 9.47 Å². The van der Waals surface area contributed by atoms with E-state index >= 15 is 0 Å². The molecule has 0 unspecified atom stereocenters. The van der Waals surface area contributed by atoms with Gasteiger partial charge in [0.15, 0.2) is 0 Å². The van der Waals surface area contributed by atoms with Gasteiger partial charge in [-0.25, -0.2) is 0 Å². The number of carbonyl (C=O) groups is 2. The molecule has 0 radical (unpaired) electrons. The maximum absolute atomic E-state index is 13.2. The lowest BCUT2D eigenvalue weighted by atomic mass is 9.78. The molecule has 130 valence electrons. The van der Waals surface area contributed by atoms with Crippen molar-refractivity contribution in [2.75, 3.05) is 0 Å². The number of carbonyl (C=O) groups excluding carboxylic acids is 2. The van der Waals surface area contributed by atoms with Gasteiger partial charge in [-0.05, 0) is 49.9 Å². The van der Waals surface area contributed by atoms with Gasteiger partial charge >= 0.3 is 11.9 Å². The molecule has 0 aliphatic heterocycles. The first kappa shape index (κ1) is 17.2. The summed E-state index contributed by atoms with van der Waals surface area (Å²) in [6.07, 6.45) is -0.674. The molecule has 3 rings (SSSR count). The molecular weight excluding hydrogens is 316 g/mol. The van der Waals surface area contributed by atoms with Gasteiger partial charge in [0, 0.05) is 0 Å². The molecule has 0 saturated heterocycles. The zero-order chi connectivity index (χ0) is 18.2. The quantitative estimate of drug-likeness (QED) is 0.627. The average molecular weight is 338 g/mol. The number of rotatable bonds is 4. The van der Waals surface area contributed by atoms with E-state index < -0.39 is 17.4 Å². The van der Waals surface area contributed by atoms with Crippen molar-refractivity contribution in [1.29, 1.82) is 0 Å². The zero-order valence-electron chi connectivity index (χ0n) is 14.9. The Balaban J connectivity index is 2.30. The van der Waals surface area contributed by atoms with E-state index in [1.165, 1.54) is 0 Å². The van der Waals surface area contributed by atoms with Crippen molar-refractivity contribution in [2.45, 2.75) is 45.3 Å². The minimum absolute atomic E-state index is 0.337. The lowest BCUT2D eigenvalue weighted by Gasteiger charge is -2.29. The second-order valence-corrected chi connectivity index (χ2v) is 6.75. The Labute approximate surface area is 147 Å². The highest BCUT2D eigenvalue weighted by atomic mass is 16.6. The Morgan fingerprint density at radius 2 is 1.08 bits per heavy atom. The largest absolute Gasteiger partial charge is 0.462 e. The third-order valence-corrected chi connectivity index (χ3v) is 4.25. The van der Waals surface area contributed by atoms with Crippen LogP contribution in [0.4, 0.5) is 0 Å². The zero-order valence-corrected chi connectivity index (χ0v) is 14.9. The highest BCUT2D eigenvalue weighted by Gasteiger charge is 2.58. The van der Waals surface area contributed by atoms with Gasteiger partial charge in [-0.1, -0.05) is 48.5 Å². The molecule has 0 bridgehead atoms. The minimum Gasteiger partial charge on any atom is -0.462 e. The fourth-order valence-electron chi connectivity index (χ4n) is 3.36. The van der Waals surface area contributed by atoms with E-state index in [2.05, 4.69) is 0 Å². The Morgan fingerprint density at radius 3 is 1.44 bits per heavy atom. The monoisotopic (exact) mass is 338 g/mol. The van der Waals surface area contributed by atoms with Gasteiger partial charge in [0.05, 0.1) is 12.2 Å². The molecule has 1 aliphatic carbocycles. The summed E-state index contributed by atoms with van der Waals surface area (Å²) in [4.78, 5) is 26.4. The molecule has 0 amide bonds. The van der Waals surface area contributed by atoms with Gasteiger partial charge in [-0.3, -0.25) is 9.59 Å². The van der Waals surface area contributed by atoms with Crippen LogP contribution in [0.1, 0.15) is 38.8 Å². The van der Waals surface area contributed by atoms with Crippen LogP contribution in [0, 0.1) is 0 Å². The average Bonchev–Trinajstić information content (AvgIpc) is 2.85. The Kier molecular flexibility index (Phi) is 4.38. The number of fused-ring (bicyclic) bond motifs is 3. The van der Waals surface area contributed by atoms with Gasteiger partial charge in [-0.2, -0.15) is 0 Å². The molecule has 0 heterocycles. The van der Waals surface area contributed by atoms with Gasteiger partial charge < -0.3 is 9.47 Å². The Bertz CT molecular complexity index is 751. The van der Waals surface area contributed by atoms with Crippen LogP contribution in [0.2, 0.25) is 0 Å². The van der Waals surface area contributed by atoms with Gasteiger partial charge in [-0.15, -0.1) is 0 Å². The van der Waals surface area contributed by atoms with Crippen LogP contribution in [0.25, 0.3) is 11.1 Å². The fraction of sp³-hybridized carbons (Fsp3) is 0.333. The van der Waals surface area contributed by atoms with E-state index in [-0.39, 0.29) is 12.2 Å². The number of benzene rings is 2. The summed E-state index contributed by atoms with van der Waals surface area (Å²) in [6, 6.07) is 14.9. The summed E-state index contributed by atoms with van der Waals surface area (Å²) in [7, 11) is 0. The first-order valence-corrected chi connectivity index (χ1v) is 8.50. The molecular formula is C21H22O4. The van der Waals surface area contributed by atoms with Crippen LogP contribution in [-0.2, 0) is 24.5 Å². The van der Waals surface area contributed by atoms with Gasteiger partial charge in [0.1, 0.15) is 0 Å². The van der Waals surface area contributed by atoms with E-state index in [1.54, 1.807) is 39.8 Å². The van der Waals surface area contributed by atoms with Crippen LogP contribution in [0.5, 0.6) is 0 Å². The summed E-state index contributed by atoms with van der Waals surface area (Å²) < 4.78 is 11.0. The van der Waals surface area contributed by atoms with Crippen LogP contribution in [-0.4, -0.2) is 24.1 Å². The molecule has 0 saturated carbocycles. The van der Waals surface area contributed by atoms with Crippen molar-refractivity contribution in [3.05, 3.63) is 59.7 Å². The summed E-state index contributed by atoms with van der Waals surface area (Å²) in [5.74, 6) is -1.18. The van der Waals surface area contributed by atoms with Crippen LogP contribution in [0.15, 0.2) is 48.5 Å². The third-order valence-electron chi connectivity index (χ3n) is 4.25.